The maximum atomic E-state index is 6.36. The number of anilines is 1. The third kappa shape index (κ3) is 4.00. The molecule has 1 aliphatic rings. The summed E-state index contributed by atoms with van der Waals surface area (Å²) >= 11 is 1.64. The predicted molar refractivity (Wildman–Crippen MR) is 136 cm³/mol. The van der Waals surface area contributed by atoms with Crippen molar-refractivity contribution >= 4 is 45.6 Å². The Labute approximate surface area is 193 Å². The molecule has 0 saturated carbocycles. The van der Waals surface area contributed by atoms with Crippen LogP contribution in [0.25, 0.3) is 28.0 Å². The molecule has 0 radical (unpaired) electrons. The molecule has 4 aromatic rings. The minimum absolute atomic E-state index is 0.486. The Bertz CT molecular complexity index is 1280. The maximum Gasteiger partial charge on any atom is 0.169 e. The van der Waals surface area contributed by atoms with E-state index in [0.29, 0.717) is 5.82 Å². The van der Waals surface area contributed by atoms with Crippen molar-refractivity contribution in [2.75, 3.05) is 25.1 Å². The second kappa shape index (κ2) is 8.96. The summed E-state index contributed by atoms with van der Waals surface area (Å²) in [5.41, 5.74) is 12.9. The average molecular weight is 444 g/mol. The third-order valence-electron chi connectivity index (χ3n) is 6.20. The topological polar surface area (TPSA) is 60.0 Å². The summed E-state index contributed by atoms with van der Waals surface area (Å²) in [5, 5.41) is 2.04. The van der Waals surface area contributed by atoms with Gasteiger partial charge in [-0.15, -0.1) is 0 Å². The zero-order valence-corrected chi connectivity index (χ0v) is 19.5. The highest BCUT2D eigenvalue weighted by atomic mass is 32.2. The van der Waals surface area contributed by atoms with E-state index in [0.717, 1.165) is 45.7 Å². The Morgan fingerprint density at radius 2 is 1.72 bits per heavy atom. The smallest absolute Gasteiger partial charge is 0.169 e. The number of hydrogen-bond acceptors (Lipinski definition) is 5. The number of allylic oxidation sites excluding steroid dienone is 1. The summed E-state index contributed by atoms with van der Waals surface area (Å²) in [7, 11) is 0. The summed E-state index contributed by atoms with van der Waals surface area (Å²) in [6.07, 6.45) is 8.83. The van der Waals surface area contributed by atoms with E-state index in [1.165, 1.54) is 37.1 Å². The quantitative estimate of drug-likeness (QED) is 0.395. The number of hydrogen-bond donors (Lipinski definition) is 1. The van der Waals surface area contributed by atoms with Gasteiger partial charge in [-0.25, -0.2) is 9.97 Å². The first-order chi connectivity index (χ1) is 15.7. The minimum Gasteiger partial charge on any atom is -0.382 e. The summed E-state index contributed by atoms with van der Waals surface area (Å²) in [6, 6.07) is 15.4. The molecule has 2 aromatic heterocycles. The van der Waals surface area contributed by atoms with E-state index in [9.17, 15) is 0 Å². The van der Waals surface area contributed by atoms with Crippen LogP contribution in [0.1, 0.15) is 36.5 Å². The van der Waals surface area contributed by atoms with Gasteiger partial charge >= 0.3 is 0 Å². The van der Waals surface area contributed by atoms with Gasteiger partial charge in [0.15, 0.2) is 11.0 Å². The SMILES string of the molecule is C/C=C/c1ccc2c(c1)nc(N)c1nc(SC)n(Cc3ccc(CN4CCCC4)cc3)c12. The first kappa shape index (κ1) is 21.0. The van der Waals surface area contributed by atoms with Gasteiger partial charge in [0.25, 0.3) is 0 Å². The number of nitrogen functional groups attached to an aromatic ring is 1. The molecule has 5 rings (SSSR count). The van der Waals surface area contributed by atoms with Crippen molar-refractivity contribution in [3.63, 3.8) is 0 Å². The van der Waals surface area contributed by atoms with Gasteiger partial charge in [-0.2, -0.15) is 0 Å². The molecule has 0 spiro atoms. The van der Waals surface area contributed by atoms with Gasteiger partial charge in [0.1, 0.15) is 5.52 Å². The number of nitrogens with zero attached hydrogens (tertiary/aromatic N) is 4. The highest BCUT2D eigenvalue weighted by Gasteiger charge is 2.18. The van der Waals surface area contributed by atoms with Crippen molar-refractivity contribution in [2.45, 2.75) is 38.0 Å². The predicted octanol–water partition coefficient (Wildman–Crippen LogP) is 5.57. The Kier molecular flexibility index (Phi) is 5.89. The van der Waals surface area contributed by atoms with Crippen LogP contribution < -0.4 is 5.73 Å². The molecule has 1 saturated heterocycles. The van der Waals surface area contributed by atoms with Crippen LogP contribution in [0.15, 0.2) is 53.7 Å². The van der Waals surface area contributed by atoms with Crippen molar-refractivity contribution in [3.8, 4) is 0 Å². The van der Waals surface area contributed by atoms with Gasteiger partial charge in [0.05, 0.1) is 17.6 Å². The molecule has 5 nitrogen and oxygen atoms in total. The average Bonchev–Trinajstić information content (AvgIpc) is 3.44. The van der Waals surface area contributed by atoms with Crippen LogP contribution in [0.5, 0.6) is 0 Å². The van der Waals surface area contributed by atoms with Crippen LogP contribution in [-0.2, 0) is 13.1 Å². The van der Waals surface area contributed by atoms with Gasteiger partial charge in [0.2, 0.25) is 0 Å². The van der Waals surface area contributed by atoms with E-state index in [2.05, 4.69) is 69.2 Å². The Morgan fingerprint density at radius 1 is 1.00 bits per heavy atom. The zero-order chi connectivity index (χ0) is 22.1. The molecule has 1 aliphatic heterocycles. The maximum absolute atomic E-state index is 6.36. The highest BCUT2D eigenvalue weighted by Crippen LogP contribution is 2.32. The van der Waals surface area contributed by atoms with E-state index in [4.69, 9.17) is 10.7 Å². The lowest BCUT2D eigenvalue weighted by atomic mass is 10.1. The van der Waals surface area contributed by atoms with E-state index < -0.39 is 0 Å². The molecule has 0 atom stereocenters. The normalized spacial score (nSPS) is 14.9. The van der Waals surface area contributed by atoms with Crippen LogP contribution in [0.3, 0.4) is 0 Å². The zero-order valence-electron chi connectivity index (χ0n) is 18.7. The molecule has 0 amide bonds. The summed E-state index contributed by atoms with van der Waals surface area (Å²) in [4.78, 5) is 12.0. The van der Waals surface area contributed by atoms with Crippen LogP contribution in [-0.4, -0.2) is 38.8 Å². The van der Waals surface area contributed by atoms with Gasteiger partial charge in [-0.05, 0) is 61.9 Å². The number of likely N-dealkylation sites (tertiary alicyclic amines) is 1. The first-order valence-corrected chi connectivity index (χ1v) is 12.4. The largest absolute Gasteiger partial charge is 0.382 e. The van der Waals surface area contributed by atoms with Crippen LogP contribution in [0.4, 0.5) is 5.82 Å². The number of pyridine rings is 1. The van der Waals surface area contributed by atoms with Crippen LogP contribution >= 0.6 is 11.8 Å². The van der Waals surface area contributed by atoms with Crippen molar-refractivity contribution in [2.24, 2.45) is 0 Å². The van der Waals surface area contributed by atoms with E-state index in [-0.39, 0.29) is 0 Å². The van der Waals surface area contributed by atoms with Crippen molar-refractivity contribution in [1.82, 2.24) is 19.4 Å². The molecular formula is C26H29N5S. The molecule has 2 aromatic carbocycles. The number of thioether (sulfide) groups is 1. The number of rotatable bonds is 6. The van der Waals surface area contributed by atoms with Gasteiger partial charge in [-0.1, -0.05) is 60.3 Å². The van der Waals surface area contributed by atoms with Crippen LogP contribution in [0, 0.1) is 0 Å². The van der Waals surface area contributed by atoms with Gasteiger partial charge in [0, 0.05) is 11.9 Å². The van der Waals surface area contributed by atoms with Crippen molar-refractivity contribution in [1.29, 1.82) is 0 Å². The number of nitrogens with two attached hydrogens (primary N) is 1. The molecule has 164 valence electrons. The van der Waals surface area contributed by atoms with Crippen molar-refractivity contribution < 1.29 is 0 Å². The molecule has 0 unspecified atom stereocenters. The number of benzene rings is 2. The Morgan fingerprint density at radius 3 is 2.41 bits per heavy atom. The highest BCUT2D eigenvalue weighted by molar-refractivity contribution is 7.98. The third-order valence-corrected chi connectivity index (χ3v) is 6.88. The monoisotopic (exact) mass is 443 g/mol. The van der Waals surface area contributed by atoms with E-state index in [1.54, 1.807) is 11.8 Å². The lowest BCUT2D eigenvalue weighted by Gasteiger charge is -2.15. The Balaban J connectivity index is 1.54. The summed E-state index contributed by atoms with van der Waals surface area (Å²) < 4.78 is 2.28. The second-order valence-corrected chi connectivity index (χ2v) is 9.23. The van der Waals surface area contributed by atoms with Crippen molar-refractivity contribution in [3.05, 3.63) is 65.2 Å². The first-order valence-electron chi connectivity index (χ1n) is 11.2. The molecule has 2 N–H and O–H groups in total. The molecular weight excluding hydrogens is 414 g/mol. The fourth-order valence-corrected chi connectivity index (χ4v) is 5.20. The molecule has 0 bridgehead atoms. The number of imidazole rings is 1. The number of fused-ring (bicyclic) bond motifs is 3. The summed E-state index contributed by atoms with van der Waals surface area (Å²) in [5.74, 6) is 0.486. The Hall–Kier alpha value is -2.83. The molecule has 32 heavy (non-hydrogen) atoms. The van der Waals surface area contributed by atoms with Gasteiger partial charge in [-0.3, -0.25) is 4.90 Å². The lowest BCUT2D eigenvalue weighted by Crippen LogP contribution is -2.18. The fraction of sp³-hybridized carbons (Fsp3) is 0.308. The molecule has 6 heteroatoms. The van der Waals surface area contributed by atoms with Crippen LogP contribution in [0.2, 0.25) is 0 Å². The summed E-state index contributed by atoms with van der Waals surface area (Å²) in [6.45, 7) is 6.26. The lowest BCUT2D eigenvalue weighted by molar-refractivity contribution is 0.331. The van der Waals surface area contributed by atoms with Gasteiger partial charge < -0.3 is 10.3 Å². The van der Waals surface area contributed by atoms with E-state index in [1.807, 2.05) is 13.0 Å². The fourth-order valence-electron chi connectivity index (χ4n) is 4.64. The standard InChI is InChI=1S/C26H29N5S/c1-3-6-18-11-12-21-22(15-18)28-25(27)23-24(21)31(26(29-23)32-2)17-20-9-7-19(8-10-20)16-30-13-4-5-14-30/h3,6-12,15H,4-5,13-14,16-17H2,1-2H3,(H2,27,28)/b6-3+. The molecule has 0 aliphatic carbocycles. The van der Waals surface area contributed by atoms with E-state index >= 15 is 0 Å². The second-order valence-electron chi connectivity index (χ2n) is 8.46. The number of aromatic nitrogens is 3. The molecule has 1 fully saturated rings. The minimum atomic E-state index is 0.486. The molecule has 3 heterocycles.